The highest BCUT2D eigenvalue weighted by molar-refractivity contribution is 5.85. The van der Waals surface area contributed by atoms with Gasteiger partial charge in [-0.1, -0.05) is 0 Å². The molecule has 1 saturated heterocycles. The number of hydrogen-bond acceptors (Lipinski definition) is 4. The van der Waals surface area contributed by atoms with E-state index in [1.165, 1.54) is 12.0 Å². The van der Waals surface area contributed by atoms with Crippen LogP contribution >= 0.6 is 0 Å². The Morgan fingerprint density at radius 2 is 2.17 bits per heavy atom. The predicted octanol–water partition coefficient (Wildman–Crippen LogP) is -1.43. The summed E-state index contributed by atoms with van der Waals surface area (Å²) in [6.45, 7) is 0.774. The molecule has 1 aliphatic heterocycles. The summed E-state index contributed by atoms with van der Waals surface area (Å²) < 4.78 is 4.68. The molecule has 1 unspecified atom stereocenters. The van der Waals surface area contributed by atoms with Gasteiger partial charge in [-0.15, -0.1) is 0 Å². The molecule has 1 atom stereocenters. The summed E-state index contributed by atoms with van der Waals surface area (Å²) in [6.07, 6.45) is -1.09. The number of aliphatic carboxylic acids is 1. The van der Waals surface area contributed by atoms with E-state index in [0.29, 0.717) is 13.1 Å². The van der Waals surface area contributed by atoms with Gasteiger partial charge in [0.1, 0.15) is 6.54 Å². The number of nitrogens with one attached hydrogen (secondary N) is 1. The monoisotopic (exact) mass is 259 g/mol. The van der Waals surface area contributed by atoms with Gasteiger partial charge < -0.3 is 25.0 Å². The third-order valence-electron chi connectivity index (χ3n) is 2.74. The van der Waals surface area contributed by atoms with E-state index >= 15 is 0 Å². The second-order valence-electron chi connectivity index (χ2n) is 3.99. The fourth-order valence-corrected chi connectivity index (χ4v) is 1.50. The summed E-state index contributed by atoms with van der Waals surface area (Å²) in [7, 11) is 2.92. The van der Waals surface area contributed by atoms with Crippen molar-refractivity contribution in [3.05, 3.63) is 0 Å². The first kappa shape index (κ1) is 14.2. The first-order valence-electron chi connectivity index (χ1n) is 5.48. The van der Waals surface area contributed by atoms with Crippen molar-refractivity contribution in [1.82, 2.24) is 15.1 Å². The number of carboxylic acids is 1. The third-order valence-corrected chi connectivity index (χ3v) is 2.74. The maximum absolute atomic E-state index is 11.7. The second kappa shape index (κ2) is 6.20. The fourth-order valence-electron chi connectivity index (χ4n) is 1.50. The molecule has 0 aliphatic carbocycles. The van der Waals surface area contributed by atoms with Crippen molar-refractivity contribution in [1.29, 1.82) is 0 Å². The molecule has 8 nitrogen and oxygen atoms in total. The van der Waals surface area contributed by atoms with E-state index in [4.69, 9.17) is 5.11 Å². The van der Waals surface area contributed by atoms with Crippen LogP contribution in [0.15, 0.2) is 0 Å². The van der Waals surface area contributed by atoms with Gasteiger partial charge in [0.05, 0.1) is 6.54 Å². The Balaban J connectivity index is 2.41. The molecule has 1 fully saturated rings. The van der Waals surface area contributed by atoms with Crippen LogP contribution in [-0.2, 0) is 14.3 Å². The second-order valence-corrected chi connectivity index (χ2v) is 3.99. The SMILES string of the molecule is COC(CNC(=O)N1CCN(C)C(=O)C1)C(=O)O. The van der Waals surface area contributed by atoms with Gasteiger partial charge in [0, 0.05) is 27.2 Å². The molecular weight excluding hydrogens is 242 g/mol. The van der Waals surface area contributed by atoms with Crippen molar-refractivity contribution in [2.75, 3.05) is 40.3 Å². The average Bonchev–Trinajstić information content (AvgIpc) is 2.32. The summed E-state index contributed by atoms with van der Waals surface area (Å²) >= 11 is 0. The highest BCUT2D eigenvalue weighted by atomic mass is 16.5. The van der Waals surface area contributed by atoms with Crippen molar-refractivity contribution in [3.63, 3.8) is 0 Å². The Hall–Kier alpha value is -1.83. The number of ether oxygens (including phenoxy) is 1. The van der Waals surface area contributed by atoms with Gasteiger partial charge in [-0.25, -0.2) is 9.59 Å². The van der Waals surface area contributed by atoms with Gasteiger partial charge in [0.25, 0.3) is 0 Å². The van der Waals surface area contributed by atoms with Gasteiger partial charge in [-0.2, -0.15) is 0 Å². The number of methoxy groups -OCH3 is 1. The summed E-state index contributed by atoms with van der Waals surface area (Å²) in [5.41, 5.74) is 0. The highest BCUT2D eigenvalue weighted by Crippen LogP contribution is 2.01. The molecule has 1 rings (SSSR count). The van der Waals surface area contributed by atoms with Gasteiger partial charge in [-0.05, 0) is 0 Å². The number of amides is 3. The molecule has 0 aromatic carbocycles. The van der Waals surface area contributed by atoms with Gasteiger partial charge in [0.15, 0.2) is 6.10 Å². The molecule has 0 bridgehead atoms. The smallest absolute Gasteiger partial charge is 0.334 e. The van der Waals surface area contributed by atoms with Crippen LogP contribution in [0, 0.1) is 0 Å². The van der Waals surface area contributed by atoms with Crippen LogP contribution in [0.1, 0.15) is 0 Å². The van der Waals surface area contributed by atoms with Crippen LogP contribution in [0.5, 0.6) is 0 Å². The van der Waals surface area contributed by atoms with Gasteiger partial charge in [0.2, 0.25) is 5.91 Å². The maximum Gasteiger partial charge on any atom is 0.334 e. The lowest BCUT2D eigenvalue weighted by Gasteiger charge is -2.32. The van der Waals surface area contributed by atoms with Crippen molar-refractivity contribution >= 4 is 17.9 Å². The number of piperazine rings is 1. The van der Waals surface area contributed by atoms with E-state index in [1.807, 2.05) is 0 Å². The number of likely N-dealkylation sites (N-methyl/N-ethyl adjacent to an activating group) is 1. The molecular formula is C10H17N3O5. The van der Waals surface area contributed by atoms with Crippen LogP contribution < -0.4 is 5.32 Å². The van der Waals surface area contributed by atoms with E-state index in [1.54, 1.807) is 11.9 Å². The minimum Gasteiger partial charge on any atom is -0.479 e. The van der Waals surface area contributed by atoms with Gasteiger partial charge >= 0.3 is 12.0 Å². The Kier molecular flexibility index (Phi) is 4.90. The summed E-state index contributed by atoms with van der Waals surface area (Å²) in [4.78, 5) is 36.6. The van der Waals surface area contributed by atoms with Crippen LogP contribution in [-0.4, -0.2) is 79.3 Å². The molecule has 0 aromatic rings. The normalized spacial score (nSPS) is 17.6. The molecule has 3 amide bonds. The molecule has 1 heterocycles. The molecule has 0 aromatic heterocycles. The zero-order valence-electron chi connectivity index (χ0n) is 10.4. The number of carbonyl (C=O) groups is 3. The largest absolute Gasteiger partial charge is 0.479 e. The highest BCUT2D eigenvalue weighted by Gasteiger charge is 2.25. The molecule has 1 aliphatic rings. The molecule has 2 N–H and O–H groups in total. The minimum absolute atomic E-state index is 0.00700. The number of hydrogen-bond donors (Lipinski definition) is 2. The Morgan fingerprint density at radius 3 is 2.67 bits per heavy atom. The fraction of sp³-hybridized carbons (Fsp3) is 0.700. The van der Waals surface area contributed by atoms with E-state index in [0.717, 1.165) is 0 Å². The Morgan fingerprint density at radius 1 is 1.50 bits per heavy atom. The quantitative estimate of drug-likeness (QED) is 0.645. The zero-order valence-corrected chi connectivity index (χ0v) is 10.4. The van der Waals surface area contributed by atoms with Gasteiger partial charge in [-0.3, -0.25) is 4.79 Å². The van der Waals surface area contributed by atoms with E-state index in [-0.39, 0.29) is 19.0 Å². The molecule has 8 heteroatoms. The van der Waals surface area contributed by atoms with Crippen LogP contribution in [0.25, 0.3) is 0 Å². The summed E-state index contributed by atoms with van der Waals surface area (Å²) in [5.74, 6) is -1.29. The molecule has 0 spiro atoms. The number of carboxylic acid groups (broad SMARTS) is 1. The lowest BCUT2D eigenvalue weighted by Crippen LogP contribution is -2.54. The lowest BCUT2D eigenvalue weighted by molar-refractivity contribution is -0.148. The van der Waals surface area contributed by atoms with Crippen molar-refractivity contribution < 1.29 is 24.2 Å². The first-order chi connectivity index (χ1) is 8.45. The number of urea groups is 1. The molecule has 18 heavy (non-hydrogen) atoms. The average molecular weight is 259 g/mol. The van der Waals surface area contributed by atoms with Crippen LogP contribution in [0.4, 0.5) is 4.79 Å². The maximum atomic E-state index is 11.7. The predicted molar refractivity (Wildman–Crippen MR) is 61.0 cm³/mol. The minimum atomic E-state index is -1.15. The van der Waals surface area contributed by atoms with E-state index < -0.39 is 18.1 Å². The topological polar surface area (TPSA) is 99.2 Å². The number of carbonyl (C=O) groups excluding carboxylic acids is 2. The van der Waals surface area contributed by atoms with Crippen molar-refractivity contribution in [2.24, 2.45) is 0 Å². The Bertz CT molecular complexity index is 346. The first-order valence-corrected chi connectivity index (χ1v) is 5.48. The Labute approximate surface area is 104 Å². The third kappa shape index (κ3) is 3.59. The number of nitrogens with zero attached hydrogens (tertiary/aromatic N) is 2. The van der Waals surface area contributed by atoms with Crippen molar-refractivity contribution in [2.45, 2.75) is 6.10 Å². The standard InChI is InChI=1S/C10H17N3O5/c1-12-3-4-13(6-8(12)14)10(17)11-5-7(18-2)9(15)16/h7H,3-6H2,1-2H3,(H,11,17)(H,15,16). The summed E-state index contributed by atoms with van der Waals surface area (Å²) in [5, 5.41) is 11.2. The van der Waals surface area contributed by atoms with E-state index in [2.05, 4.69) is 10.1 Å². The molecule has 102 valence electrons. The zero-order chi connectivity index (χ0) is 13.7. The lowest BCUT2D eigenvalue weighted by atomic mass is 10.3. The number of rotatable bonds is 4. The van der Waals surface area contributed by atoms with E-state index in [9.17, 15) is 14.4 Å². The van der Waals surface area contributed by atoms with Crippen LogP contribution in [0.3, 0.4) is 0 Å². The van der Waals surface area contributed by atoms with Crippen molar-refractivity contribution in [3.8, 4) is 0 Å². The van der Waals surface area contributed by atoms with Crippen LogP contribution in [0.2, 0.25) is 0 Å². The molecule has 0 radical (unpaired) electrons. The summed E-state index contributed by atoms with van der Waals surface area (Å²) in [6, 6.07) is -0.459. The molecule has 0 saturated carbocycles.